The Kier molecular flexibility index (Phi) is 8.15. The molecule has 0 N–H and O–H groups in total. The average Bonchev–Trinajstić information content (AvgIpc) is 3.87. The molecule has 0 bridgehead atoms. The van der Waals surface area contributed by atoms with E-state index in [1.54, 1.807) is 0 Å². The Labute approximate surface area is 368 Å². The minimum Gasteiger partial charge on any atom is -0.309 e. The molecule has 0 unspecified atom stereocenters. The first-order valence-electron chi connectivity index (χ1n) is 21.7. The molecule has 0 aliphatic heterocycles. The maximum atomic E-state index is 5.25. The SMILES string of the molecule is c1ccc(-c2ccc(-c3ccc4ccc5ccccc5c4c3)c(-n3c4ccccc4c4cc5c6ccccc6n(-c6nc(-c7ccccc7)nc(-c7ccccc7)n6)c5cc43)c2)cc1. The highest BCUT2D eigenvalue weighted by molar-refractivity contribution is 6.19. The standard InChI is InChI=1S/C59H37N5/c1-4-16-38(17-5-1)43-32-33-46(44-31-30-40-29-28-39-18-10-11-23-45(39)49(40)34-44)54(35-43)63-52-26-14-12-24-47(52)50-36-51-48-25-13-15-27-53(48)64(56(51)37-55(50)63)59-61-57(41-19-6-2-7-20-41)60-58(62-59)42-21-8-3-9-22-42/h1-37H. The van der Waals surface area contributed by atoms with Crippen LogP contribution in [0.4, 0.5) is 0 Å². The Balaban J connectivity index is 1.13. The third-order valence-electron chi connectivity index (χ3n) is 12.8. The van der Waals surface area contributed by atoms with Gasteiger partial charge in [-0.05, 0) is 74.6 Å². The van der Waals surface area contributed by atoms with Crippen LogP contribution < -0.4 is 0 Å². The number of benzene rings is 10. The second-order valence-electron chi connectivity index (χ2n) is 16.4. The van der Waals surface area contributed by atoms with Gasteiger partial charge in [0.15, 0.2) is 11.6 Å². The van der Waals surface area contributed by atoms with Gasteiger partial charge in [0.05, 0.1) is 27.8 Å². The minimum atomic E-state index is 0.566. The zero-order chi connectivity index (χ0) is 42.1. The smallest absolute Gasteiger partial charge is 0.238 e. The van der Waals surface area contributed by atoms with Crippen LogP contribution in [-0.2, 0) is 0 Å². The molecule has 0 amide bonds. The van der Waals surface area contributed by atoms with E-state index in [1.807, 2.05) is 36.4 Å². The van der Waals surface area contributed by atoms with Crippen molar-refractivity contribution < 1.29 is 0 Å². The van der Waals surface area contributed by atoms with Crippen LogP contribution in [0, 0.1) is 0 Å². The summed E-state index contributed by atoms with van der Waals surface area (Å²) in [6, 6.07) is 80.2. The monoisotopic (exact) mass is 815 g/mol. The van der Waals surface area contributed by atoms with E-state index in [0.717, 1.165) is 66.3 Å². The first kappa shape index (κ1) is 36.0. The molecule has 0 spiro atoms. The van der Waals surface area contributed by atoms with Gasteiger partial charge in [0.1, 0.15) is 0 Å². The van der Waals surface area contributed by atoms with Crippen LogP contribution in [0.1, 0.15) is 0 Å². The van der Waals surface area contributed by atoms with Crippen LogP contribution in [0.5, 0.6) is 0 Å². The lowest BCUT2D eigenvalue weighted by Gasteiger charge is -2.17. The Morgan fingerprint density at radius 1 is 0.266 bits per heavy atom. The van der Waals surface area contributed by atoms with Gasteiger partial charge >= 0.3 is 0 Å². The lowest BCUT2D eigenvalue weighted by atomic mass is 9.94. The van der Waals surface area contributed by atoms with Crippen molar-refractivity contribution in [3.05, 3.63) is 224 Å². The molecule has 0 saturated heterocycles. The summed E-state index contributed by atoms with van der Waals surface area (Å²) < 4.78 is 4.70. The number of aromatic nitrogens is 5. The van der Waals surface area contributed by atoms with Crippen LogP contribution in [0.15, 0.2) is 224 Å². The molecule has 10 aromatic carbocycles. The second-order valence-corrected chi connectivity index (χ2v) is 16.4. The van der Waals surface area contributed by atoms with Crippen molar-refractivity contribution in [2.75, 3.05) is 0 Å². The van der Waals surface area contributed by atoms with E-state index < -0.39 is 0 Å². The fourth-order valence-electron chi connectivity index (χ4n) is 9.74. The molecule has 3 aromatic heterocycles. The van der Waals surface area contributed by atoms with Gasteiger partial charge in [0.2, 0.25) is 5.95 Å². The quantitative estimate of drug-likeness (QED) is 0.157. The summed E-state index contributed by atoms with van der Waals surface area (Å²) in [6.07, 6.45) is 0. The summed E-state index contributed by atoms with van der Waals surface area (Å²) in [4.78, 5) is 15.6. The zero-order valence-corrected chi connectivity index (χ0v) is 34.6. The third-order valence-corrected chi connectivity index (χ3v) is 12.8. The summed E-state index contributed by atoms with van der Waals surface area (Å²) in [7, 11) is 0. The fraction of sp³-hybridized carbons (Fsp3) is 0. The van der Waals surface area contributed by atoms with Crippen LogP contribution in [-0.4, -0.2) is 24.1 Å². The molecular formula is C59H37N5. The lowest BCUT2D eigenvalue weighted by Crippen LogP contribution is -2.06. The van der Waals surface area contributed by atoms with E-state index in [0.29, 0.717) is 17.6 Å². The van der Waals surface area contributed by atoms with E-state index in [2.05, 4.69) is 197 Å². The maximum Gasteiger partial charge on any atom is 0.238 e. The summed E-state index contributed by atoms with van der Waals surface area (Å²) in [5, 5.41) is 9.58. The molecule has 5 nitrogen and oxygen atoms in total. The normalized spacial score (nSPS) is 11.8. The number of hydrogen-bond donors (Lipinski definition) is 0. The van der Waals surface area contributed by atoms with Crippen molar-refractivity contribution in [2.45, 2.75) is 0 Å². The molecule has 0 atom stereocenters. The van der Waals surface area contributed by atoms with Gasteiger partial charge < -0.3 is 4.57 Å². The molecule has 0 aliphatic carbocycles. The van der Waals surface area contributed by atoms with Gasteiger partial charge in [-0.1, -0.05) is 188 Å². The van der Waals surface area contributed by atoms with Crippen molar-refractivity contribution in [2.24, 2.45) is 0 Å². The Morgan fingerprint density at radius 2 is 0.766 bits per heavy atom. The molecular weight excluding hydrogens is 779 g/mol. The van der Waals surface area contributed by atoms with Gasteiger partial charge in [-0.2, -0.15) is 9.97 Å². The molecule has 13 aromatic rings. The first-order valence-corrected chi connectivity index (χ1v) is 21.7. The first-order chi connectivity index (χ1) is 31.7. The third kappa shape index (κ3) is 5.75. The summed E-state index contributed by atoms with van der Waals surface area (Å²) >= 11 is 0. The molecule has 0 aliphatic rings. The Morgan fingerprint density at radius 3 is 1.42 bits per heavy atom. The average molecular weight is 816 g/mol. The van der Waals surface area contributed by atoms with Crippen molar-refractivity contribution in [3.8, 4) is 56.7 Å². The van der Waals surface area contributed by atoms with Gasteiger partial charge in [-0.25, -0.2) is 4.98 Å². The van der Waals surface area contributed by atoms with Gasteiger partial charge in [-0.15, -0.1) is 0 Å². The van der Waals surface area contributed by atoms with E-state index >= 15 is 0 Å². The topological polar surface area (TPSA) is 48.5 Å². The number of nitrogens with zero attached hydrogens (tertiary/aromatic N) is 5. The van der Waals surface area contributed by atoms with Crippen molar-refractivity contribution in [1.29, 1.82) is 0 Å². The van der Waals surface area contributed by atoms with Crippen molar-refractivity contribution in [1.82, 2.24) is 24.1 Å². The van der Waals surface area contributed by atoms with E-state index in [9.17, 15) is 0 Å². The predicted octanol–water partition coefficient (Wildman–Crippen LogP) is 15.0. The molecule has 0 saturated carbocycles. The summed E-state index contributed by atoms with van der Waals surface area (Å²) in [5.41, 5.74) is 11.9. The van der Waals surface area contributed by atoms with Crippen molar-refractivity contribution >= 4 is 65.2 Å². The highest BCUT2D eigenvalue weighted by atomic mass is 15.2. The van der Waals surface area contributed by atoms with Crippen LogP contribution in [0.2, 0.25) is 0 Å². The van der Waals surface area contributed by atoms with Gasteiger partial charge in [0.25, 0.3) is 0 Å². The lowest BCUT2D eigenvalue weighted by molar-refractivity contribution is 0.953. The molecule has 5 heteroatoms. The molecule has 3 heterocycles. The van der Waals surface area contributed by atoms with E-state index in [1.165, 1.54) is 37.9 Å². The number of para-hydroxylation sites is 2. The number of hydrogen-bond acceptors (Lipinski definition) is 3. The summed E-state index contributed by atoms with van der Waals surface area (Å²) in [5.74, 6) is 1.81. The second kappa shape index (κ2) is 14.5. The fourth-order valence-corrected chi connectivity index (χ4v) is 9.74. The zero-order valence-electron chi connectivity index (χ0n) is 34.6. The summed E-state index contributed by atoms with van der Waals surface area (Å²) in [6.45, 7) is 0. The molecule has 13 rings (SSSR count). The van der Waals surface area contributed by atoms with Gasteiger partial charge in [0, 0.05) is 38.2 Å². The maximum absolute atomic E-state index is 5.25. The van der Waals surface area contributed by atoms with Crippen LogP contribution >= 0.6 is 0 Å². The molecule has 0 radical (unpaired) electrons. The molecule has 64 heavy (non-hydrogen) atoms. The Bertz CT molecular complexity index is 3890. The van der Waals surface area contributed by atoms with Crippen LogP contribution in [0.3, 0.4) is 0 Å². The largest absolute Gasteiger partial charge is 0.309 e. The molecule has 298 valence electrons. The number of rotatable bonds is 6. The van der Waals surface area contributed by atoms with Gasteiger partial charge in [-0.3, -0.25) is 4.57 Å². The van der Waals surface area contributed by atoms with Crippen molar-refractivity contribution in [3.63, 3.8) is 0 Å². The molecule has 0 fully saturated rings. The minimum absolute atomic E-state index is 0.566. The highest BCUT2D eigenvalue weighted by Crippen LogP contribution is 2.43. The van der Waals surface area contributed by atoms with E-state index in [-0.39, 0.29) is 0 Å². The van der Waals surface area contributed by atoms with Crippen LogP contribution in [0.25, 0.3) is 122 Å². The number of fused-ring (bicyclic) bond motifs is 9. The Hall–Kier alpha value is -8.67. The highest BCUT2D eigenvalue weighted by Gasteiger charge is 2.23. The van der Waals surface area contributed by atoms with E-state index in [4.69, 9.17) is 15.0 Å². The predicted molar refractivity (Wildman–Crippen MR) is 265 cm³/mol.